The number of likely N-dealkylation sites (tertiary alicyclic amines) is 1. The summed E-state index contributed by atoms with van der Waals surface area (Å²) in [6.07, 6.45) is -2.47. The minimum absolute atomic E-state index is 0.0718. The van der Waals surface area contributed by atoms with Crippen LogP contribution in [-0.2, 0) is 19.1 Å². The van der Waals surface area contributed by atoms with Gasteiger partial charge in [-0.25, -0.2) is 4.79 Å². The molecule has 162 valence electrons. The van der Waals surface area contributed by atoms with Crippen LogP contribution in [0.15, 0.2) is 0 Å². The molecule has 0 saturated carbocycles. The van der Waals surface area contributed by atoms with Gasteiger partial charge in [-0.05, 0) is 13.5 Å². The molecule has 1 unspecified atom stereocenters. The molecule has 2 saturated heterocycles. The van der Waals surface area contributed by atoms with Gasteiger partial charge in [0.05, 0.1) is 19.7 Å². The minimum atomic E-state index is -5.08. The number of ether oxygens (including phenoxy) is 1. The fourth-order valence-corrected chi connectivity index (χ4v) is 3.05. The van der Waals surface area contributed by atoms with Crippen molar-refractivity contribution in [3.8, 4) is 0 Å². The van der Waals surface area contributed by atoms with Gasteiger partial charge in [0.15, 0.2) is 0 Å². The van der Waals surface area contributed by atoms with Crippen LogP contribution < -0.4 is 0 Å². The second kappa shape index (κ2) is 9.55. The molecule has 11 heteroatoms. The predicted molar refractivity (Wildman–Crippen MR) is 93.6 cm³/mol. The third-order valence-electron chi connectivity index (χ3n) is 4.64. The van der Waals surface area contributed by atoms with Gasteiger partial charge in [-0.1, -0.05) is 13.3 Å². The van der Waals surface area contributed by atoms with Crippen LogP contribution in [0.4, 0.5) is 13.2 Å². The fourth-order valence-electron chi connectivity index (χ4n) is 3.05. The first kappa shape index (κ1) is 24.2. The second-order valence-electron chi connectivity index (χ2n) is 7.31. The summed E-state index contributed by atoms with van der Waals surface area (Å²) in [5.41, 5.74) is -0.264. The minimum Gasteiger partial charge on any atom is -0.475 e. The lowest BCUT2D eigenvalue weighted by molar-refractivity contribution is -0.202. The van der Waals surface area contributed by atoms with E-state index in [4.69, 9.17) is 14.6 Å². The van der Waals surface area contributed by atoms with Crippen molar-refractivity contribution in [2.75, 3.05) is 47.4 Å². The first-order valence-electron chi connectivity index (χ1n) is 8.96. The van der Waals surface area contributed by atoms with Crippen molar-refractivity contribution in [2.45, 2.75) is 44.0 Å². The summed E-state index contributed by atoms with van der Waals surface area (Å²) in [7, 11) is 5.48. The molecule has 2 aliphatic rings. The van der Waals surface area contributed by atoms with Gasteiger partial charge in [0, 0.05) is 27.1 Å². The Morgan fingerprint density at radius 3 is 2.14 bits per heavy atom. The van der Waals surface area contributed by atoms with E-state index in [2.05, 4.69) is 11.8 Å². The number of carbonyl (C=O) groups is 3. The first-order valence-corrected chi connectivity index (χ1v) is 8.96. The number of nitrogens with zero attached hydrogens (tertiary/aromatic N) is 3. The number of alkyl halides is 3. The van der Waals surface area contributed by atoms with Gasteiger partial charge >= 0.3 is 12.1 Å². The van der Waals surface area contributed by atoms with E-state index < -0.39 is 12.1 Å². The summed E-state index contributed by atoms with van der Waals surface area (Å²) in [6, 6.07) is -0.213. The first-order chi connectivity index (χ1) is 12.8. The summed E-state index contributed by atoms with van der Waals surface area (Å²) in [5.74, 6) is -2.46. The van der Waals surface area contributed by atoms with Gasteiger partial charge in [-0.15, -0.1) is 0 Å². The number of morpholine rings is 1. The number of unbranched alkanes of at least 4 members (excludes halogenated alkanes) is 1. The van der Waals surface area contributed by atoms with E-state index in [1.165, 1.54) is 0 Å². The Kier molecular flexibility index (Phi) is 8.24. The molecule has 28 heavy (non-hydrogen) atoms. The van der Waals surface area contributed by atoms with Crippen LogP contribution in [0.5, 0.6) is 0 Å². The van der Waals surface area contributed by atoms with Gasteiger partial charge in [0.1, 0.15) is 11.6 Å². The summed E-state index contributed by atoms with van der Waals surface area (Å²) in [4.78, 5) is 38.4. The smallest absolute Gasteiger partial charge is 0.475 e. The topological polar surface area (TPSA) is 90.4 Å². The quantitative estimate of drug-likeness (QED) is 0.736. The Labute approximate surface area is 162 Å². The average molecular weight is 411 g/mol. The number of likely N-dealkylation sites (N-methyl/N-ethyl adjacent to an activating group) is 2. The normalized spacial score (nSPS) is 21.4. The zero-order valence-electron chi connectivity index (χ0n) is 16.6. The number of hydrogen-bond acceptors (Lipinski definition) is 5. The third-order valence-corrected chi connectivity index (χ3v) is 4.64. The van der Waals surface area contributed by atoms with E-state index in [1.807, 2.05) is 11.9 Å². The highest BCUT2D eigenvalue weighted by atomic mass is 19.4. The second-order valence-corrected chi connectivity index (χ2v) is 7.31. The lowest BCUT2D eigenvalue weighted by Gasteiger charge is -2.55. The molecule has 2 fully saturated rings. The molecule has 0 bridgehead atoms. The van der Waals surface area contributed by atoms with Crippen LogP contribution in [-0.4, -0.2) is 103 Å². The molecule has 1 N–H and O–H groups in total. The summed E-state index contributed by atoms with van der Waals surface area (Å²) >= 11 is 0. The summed E-state index contributed by atoms with van der Waals surface area (Å²) < 4.78 is 37.7. The molecule has 2 aliphatic heterocycles. The number of carboxylic acid groups (broad SMARTS) is 1. The number of aliphatic carboxylic acids is 1. The van der Waals surface area contributed by atoms with Gasteiger partial charge in [0.25, 0.3) is 0 Å². The van der Waals surface area contributed by atoms with Crippen molar-refractivity contribution in [3.05, 3.63) is 0 Å². The molecule has 1 spiro atoms. The molecule has 0 aromatic rings. The lowest BCUT2D eigenvalue weighted by atomic mass is 9.90. The van der Waals surface area contributed by atoms with E-state index in [0.29, 0.717) is 32.7 Å². The lowest BCUT2D eigenvalue weighted by Crippen LogP contribution is -2.73. The van der Waals surface area contributed by atoms with Gasteiger partial charge in [-0.3, -0.25) is 14.5 Å². The van der Waals surface area contributed by atoms with Crippen molar-refractivity contribution in [3.63, 3.8) is 0 Å². The van der Waals surface area contributed by atoms with Crippen LogP contribution in [0.1, 0.15) is 26.2 Å². The van der Waals surface area contributed by atoms with E-state index >= 15 is 0 Å². The number of rotatable bonds is 4. The van der Waals surface area contributed by atoms with E-state index in [-0.39, 0.29) is 23.5 Å². The van der Waals surface area contributed by atoms with Crippen molar-refractivity contribution in [1.82, 2.24) is 14.7 Å². The van der Waals surface area contributed by atoms with Crippen LogP contribution in [0.25, 0.3) is 0 Å². The molecule has 2 amide bonds. The third kappa shape index (κ3) is 6.33. The highest BCUT2D eigenvalue weighted by Gasteiger charge is 2.51. The molecular weight excluding hydrogens is 383 g/mol. The molecule has 0 aromatic heterocycles. The van der Waals surface area contributed by atoms with Crippen LogP contribution in [0.2, 0.25) is 0 Å². The summed E-state index contributed by atoms with van der Waals surface area (Å²) in [6.45, 7) is 4.51. The van der Waals surface area contributed by atoms with Crippen molar-refractivity contribution in [1.29, 1.82) is 0 Å². The zero-order valence-corrected chi connectivity index (χ0v) is 16.6. The van der Waals surface area contributed by atoms with E-state index in [0.717, 1.165) is 12.8 Å². The number of amides is 2. The maximum absolute atomic E-state index is 12.1. The molecule has 0 aliphatic carbocycles. The van der Waals surface area contributed by atoms with Crippen molar-refractivity contribution >= 4 is 17.8 Å². The van der Waals surface area contributed by atoms with Crippen LogP contribution in [0.3, 0.4) is 0 Å². The van der Waals surface area contributed by atoms with Gasteiger partial charge < -0.3 is 19.6 Å². The maximum atomic E-state index is 12.1. The molecule has 0 radical (unpaired) electrons. The van der Waals surface area contributed by atoms with E-state index in [1.54, 1.807) is 19.0 Å². The molecule has 1 atom stereocenters. The molecule has 8 nitrogen and oxygen atoms in total. The van der Waals surface area contributed by atoms with Crippen LogP contribution in [0, 0.1) is 0 Å². The molecular formula is C17H28F3N3O5. The number of carboxylic acids is 1. The number of halogens is 3. The maximum Gasteiger partial charge on any atom is 0.490 e. The average Bonchev–Trinajstić information content (AvgIpc) is 2.56. The molecule has 0 aromatic carbocycles. The van der Waals surface area contributed by atoms with Crippen molar-refractivity contribution in [2.24, 2.45) is 0 Å². The Morgan fingerprint density at radius 1 is 1.21 bits per heavy atom. The zero-order chi connectivity index (χ0) is 21.7. The van der Waals surface area contributed by atoms with Gasteiger partial charge in [0.2, 0.25) is 11.8 Å². The standard InChI is InChI=1S/C15H27N3O3.C2HF3O2/c1-5-6-7-13(19)18-10-15(11-18)9-17(4)12(8-21-15)14(20)16(2)3;3-2(4,5)1(6)7/h12H,5-11H2,1-4H3;(H,6,7). The Balaban J connectivity index is 0.000000480. The highest BCUT2D eigenvalue weighted by molar-refractivity contribution is 5.81. The number of carbonyl (C=O) groups excluding carboxylic acids is 2. The predicted octanol–water partition coefficient (Wildman–Crippen LogP) is 0.810. The van der Waals surface area contributed by atoms with Gasteiger partial charge in [-0.2, -0.15) is 13.2 Å². The molecule has 2 rings (SSSR count). The highest BCUT2D eigenvalue weighted by Crippen LogP contribution is 2.31. The SMILES string of the molecule is CCCCC(=O)N1CC2(C1)CN(C)C(C(=O)N(C)C)CO2.O=C(O)C(F)(F)F. The fraction of sp³-hybridized carbons (Fsp3) is 0.824. The Hall–Kier alpha value is -1.88. The Morgan fingerprint density at radius 2 is 1.75 bits per heavy atom. The monoisotopic (exact) mass is 411 g/mol. The largest absolute Gasteiger partial charge is 0.490 e. The van der Waals surface area contributed by atoms with E-state index in [9.17, 15) is 22.8 Å². The summed E-state index contributed by atoms with van der Waals surface area (Å²) in [5, 5.41) is 7.12. The molecule has 2 heterocycles. The van der Waals surface area contributed by atoms with Crippen molar-refractivity contribution < 1.29 is 37.4 Å². The Bertz CT molecular complexity index is 577. The van der Waals surface area contributed by atoms with Crippen LogP contribution >= 0.6 is 0 Å². The number of hydrogen-bond donors (Lipinski definition) is 1.